The van der Waals surface area contributed by atoms with Gasteiger partial charge in [-0.05, 0) is 55.9 Å². The number of nitrogens with zero attached hydrogens (tertiary/aromatic N) is 1. The normalized spacial score (nSPS) is 24.3. The summed E-state index contributed by atoms with van der Waals surface area (Å²) in [4.78, 5) is 27.2. The molecule has 0 aromatic heterocycles. The van der Waals surface area contributed by atoms with Crippen LogP contribution in [0.25, 0.3) is 0 Å². The first-order chi connectivity index (χ1) is 12.5. The molecular weight excluding hydrogens is 328 g/mol. The lowest BCUT2D eigenvalue weighted by Gasteiger charge is -2.32. The molecule has 0 aliphatic carbocycles. The highest BCUT2D eigenvalue weighted by Crippen LogP contribution is 2.24. The highest BCUT2D eigenvalue weighted by atomic mass is 16.2. The molecule has 2 aliphatic heterocycles. The van der Waals surface area contributed by atoms with Crippen molar-refractivity contribution < 1.29 is 14.5 Å². The molecule has 2 amide bonds. The number of nitrogens with two attached hydrogens (primary N) is 1. The molecule has 3 rings (SSSR count). The molecule has 2 aliphatic rings. The van der Waals surface area contributed by atoms with Crippen molar-refractivity contribution in [1.82, 2.24) is 0 Å². The number of hydrogen-bond acceptors (Lipinski definition) is 3. The van der Waals surface area contributed by atoms with Crippen LogP contribution in [0.5, 0.6) is 0 Å². The van der Waals surface area contributed by atoms with Gasteiger partial charge >= 0.3 is 0 Å². The molecule has 0 radical (unpaired) electrons. The second kappa shape index (κ2) is 8.54. The predicted octanol–water partition coefficient (Wildman–Crippen LogP) is 0.642. The highest BCUT2D eigenvalue weighted by molar-refractivity contribution is 5.91. The van der Waals surface area contributed by atoms with Gasteiger partial charge in [-0.1, -0.05) is 6.92 Å². The topological polar surface area (TPSA) is 79.9 Å². The molecule has 0 bridgehead atoms. The first-order valence-corrected chi connectivity index (χ1v) is 9.79. The molecule has 6 nitrogen and oxygen atoms in total. The van der Waals surface area contributed by atoms with Gasteiger partial charge < -0.3 is 20.9 Å². The fourth-order valence-corrected chi connectivity index (χ4v) is 4.01. The number of carbonyl (C=O) groups excluding carboxylic acids is 2. The Labute approximate surface area is 155 Å². The number of amides is 2. The van der Waals surface area contributed by atoms with E-state index in [-0.39, 0.29) is 17.7 Å². The van der Waals surface area contributed by atoms with Gasteiger partial charge in [0.1, 0.15) is 0 Å². The number of quaternary nitrogens is 1. The summed E-state index contributed by atoms with van der Waals surface area (Å²) in [6, 6.07) is 8.12. The summed E-state index contributed by atoms with van der Waals surface area (Å²) in [5.41, 5.74) is 7.46. The van der Waals surface area contributed by atoms with Crippen LogP contribution in [0.1, 0.15) is 32.6 Å². The molecule has 4 N–H and O–H groups in total. The molecular formula is C20H31N4O2+. The van der Waals surface area contributed by atoms with E-state index >= 15 is 0 Å². The highest BCUT2D eigenvalue weighted by Gasteiger charge is 2.28. The minimum atomic E-state index is -0.245. The van der Waals surface area contributed by atoms with E-state index in [4.69, 9.17) is 5.73 Å². The second-order valence-corrected chi connectivity index (χ2v) is 7.89. The Balaban J connectivity index is 1.49. The molecule has 0 saturated carbocycles. The van der Waals surface area contributed by atoms with E-state index < -0.39 is 0 Å². The quantitative estimate of drug-likeness (QED) is 0.722. The summed E-state index contributed by atoms with van der Waals surface area (Å²) < 4.78 is 0. The van der Waals surface area contributed by atoms with Gasteiger partial charge in [-0.3, -0.25) is 9.59 Å². The summed E-state index contributed by atoms with van der Waals surface area (Å²) >= 11 is 0. The SMILES string of the molecule is CC1CCN(c2ccc(NC(=O)C[NH+]3CCC[C@H](C(N)=O)C3)cc2)CC1. The van der Waals surface area contributed by atoms with Gasteiger partial charge in [-0.2, -0.15) is 0 Å². The molecule has 1 aromatic rings. The average Bonchev–Trinajstić information content (AvgIpc) is 2.63. The van der Waals surface area contributed by atoms with Crippen molar-refractivity contribution in [3.63, 3.8) is 0 Å². The van der Waals surface area contributed by atoms with Crippen LogP contribution in [0, 0.1) is 11.8 Å². The zero-order valence-corrected chi connectivity index (χ0v) is 15.7. The Bertz CT molecular complexity index is 623. The summed E-state index contributed by atoms with van der Waals surface area (Å²) in [6.45, 7) is 6.48. The van der Waals surface area contributed by atoms with E-state index in [1.165, 1.54) is 18.5 Å². The number of carbonyl (C=O) groups is 2. The molecule has 2 heterocycles. The van der Waals surface area contributed by atoms with E-state index in [0.29, 0.717) is 13.1 Å². The third-order valence-electron chi connectivity index (χ3n) is 5.73. The fourth-order valence-electron chi connectivity index (χ4n) is 4.01. The molecule has 6 heteroatoms. The van der Waals surface area contributed by atoms with Crippen molar-refractivity contribution in [2.24, 2.45) is 17.6 Å². The Hall–Kier alpha value is -2.08. The zero-order chi connectivity index (χ0) is 18.5. The number of anilines is 2. The van der Waals surface area contributed by atoms with Crippen molar-refractivity contribution >= 4 is 23.2 Å². The Kier molecular flexibility index (Phi) is 6.14. The van der Waals surface area contributed by atoms with E-state index in [1.54, 1.807) is 0 Å². The number of primary amides is 1. The number of likely N-dealkylation sites (tertiary alicyclic amines) is 1. The van der Waals surface area contributed by atoms with Crippen molar-refractivity contribution in [2.45, 2.75) is 32.6 Å². The Morgan fingerprint density at radius 3 is 2.54 bits per heavy atom. The van der Waals surface area contributed by atoms with Crippen LogP contribution in [0.3, 0.4) is 0 Å². The first kappa shape index (κ1) is 18.7. The molecule has 1 unspecified atom stereocenters. The van der Waals surface area contributed by atoms with E-state index in [0.717, 1.165) is 49.0 Å². The van der Waals surface area contributed by atoms with Gasteiger partial charge in [-0.15, -0.1) is 0 Å². The summed E-state index contributed by atoms with van der Waals surface area (Å²) in [5, 5.41) is 2.98. The molecule has 2 saturated heterocycles. The van der Waals surface area contributed by atoms with Gasteiger partial charge in [-0.25, -0.2) is 0 Å². The van der Waals surface area contributed by atoms with Gasteiger partial charge in [0, 0.05) is 24.5 Å². The monoisotopic (exact) mass is 359 g/mol. The van der Waals surface area contributed by atoms with Gasteiger partial charge in [0.15, 0.2) is 6.54 Å². The lowest BCUT2D eigenvalue weighted by Crippen LogP contribution is -3.14. The minimum absolute atomic E-state index is 0.00957. The smallest absolute Gasteiger partial charge is 0.279 e. The zero-order valence-electron chi connectivity index (χ0n) is 15.7. The average molecular weight is 359 g/mol. The van der Waals surface area contributed by atoms with Gasteiger partial charge in [0.2, 0.25) is 5.91 Å². The molecule has 1 aromatic carbocycles. The standard InChI is InChI=1S/C20H30N4O2/c1-15-8-11-24(12-9-15)18-6-4-17(5-7-18)22-19(25)14-23-10-2-3-16(13-23)20(21)26/h4-7,15-16H,2-3,8-14H2,1H3,(H2,21,26)(H,22,25)/p+1/t16-/m0/s1. The van der Waals surface area contributed by atoms with Crippen molar-refractivity contribution in [3.8, 4) is 0 Å². The lowest BCUT2D eigenvalue weighted by atomic mass is 9.97. The van der Waals surface area contributed by atoms with Gasteiger partial charge in [0.05, 0.1) is 19.0 Å². The third-order valence-corrected chi connectivity index (χ3v) is 5.73. The van der Waals surface area contributed by atoms with Crippen molar-refractivity contribution in [2.75, 3.05) is 42.9 Å². The summed E-state index contributed by atoms with van der Waals surface area (Å²) in [7, 11) is 0. The first-order valence-electron chi connectivity index (χ1n) is 9.79. The van der Waals surface area contributed by atoms with Crippen molar-refractivity contribution in [1.29, 1.82) is 0 Å². The maximum Gasteiger partial charge on any atom is 0.279 e. The van der Waals surface area contributed by atoms with Crippen LogP contribution in [0.15, 0.2) is 24.3 Å². The molecule has 142 valence electrons. The molecule has 2 fully saturated rings. The number of benzene rings is 1. The minimum Gasteiger partial charge on any atom is -0.372 e. The number of piperidine rings is 2. The van der Waals surface area contributed by atoms with E-state index in [9.17, 15) is 9.59 Å². The predicted molar refractivity (Wildman–Crippen MR) is 103 cm³/mol. The molecule has 26 heavy (non-hydrogen) atoms. The van der Waals surface area contributed by atoms with E-state index in [2.05, 4.69) is 29.3 Å². The second-order valence-electron chi connectivity index (χ2n) is 7.89. The maximum absolute atomic E-state index is 12.3. The largest absolute Gasteiger partial charge is 0.372 e. The lowest BCUT2D eigenvalue weighted by molar-refractivity contribution is -0.899. The fraction of sp³-hybridized carbons (Fsp3) is 0.600. The number of rotatable bonds is 5. The van der Waals surface area contributed by atoms with Crippen molar-refractivity contribution in [3.05, 3.63) is 24.3 Å². The number of nitrogens with one attached hydrogen (secondary N) is 2. The Morgan fingerprint density at radius 2 is 1.88 bits per heavy atom. The molecule has 2 atom stereocenters. The van der Waals surface area contributed by atoms with Crippen LogP contribution >= 0.6 is 0 Å². The van der Waals surface area contributed by atoms with Crippen LogP contribution in [-0.4, -0.2) is 44.5 Å². The molecule has 0 spiro atoms. The van der Waals surface area contributed by atoms with Gasteiger partial charge in [0.25, 0.3) is 5.91 Å². The number of hydrogen-bond donors (Lipinski definition) is 3. The Morgan fingerprint density at radius 1 is 1.19 bits per heavy atom. The van der Waals surface area contributed by atoms with E-state index in [1.807, 2.05) is 12.1 Å². The summed E-state index contributed by atoms with van der Waals surface area (Å²) in [6.07, 6.45) is 4.27. The summed E-state index contributed by atoms with van der Waals surface area (Å²) in [5.74, 6) is 0.462. The van der Waals surface area contributed by atoms with Crippen LogP contribution in [-0.2, 0) is 9.59 Å². The van der Waals surface area contributed by atoms with Crippen LogP contribution < -0.4 is 20.9 Å². The maximum atomic E-state index is 12.3. The van der Waals surface area contributed by atoms with Crippen LogP contribution in [0.4, 0.5) is 11.4 Å². The van der Waals surface area contributed by atoms with Crippen LogP contribution in [0.2, 0.25) is 0 Å². The third kappa shape index (κ3) is 4.97.